The van der Waals surface area contributed by atoms with Crippen LogP contribution in [0.3, 0.4) is 0 Å². The van der Waals surface area contributed by atoms with Gasteiger partial charge in [0, 0.05) is 49.9 Å². The Bertz CT molecular complexity index is 861. The number of aromatic nitrogens is 2. The predicted molar refractivity (Wildman–Crippen MR) is 95.4 cm³/mol. The topological polar surface area (TPSA) is 65.4 Å². The highest BCUT2D eigenvalue weighted by Crippen LogP contribution is 2.24. The van der Waals surface area contributed by atoms with Crippen molar-refractivity contribution in [3.8, 4) is 0 Å². The van der Waals surface area contributed by atoms with Crippen LogP contribution in [0.15, 0.2) is 41.3 Å². The second kappa shape index (κ2) is 6.72. The van der Waals surface area contributed by atoms with Crippen LogP contribution in [0.5, 0.6) is 0 Å². The molecule has 0 aliphatic carbocycles. The van der Waals surface area contributed by atoms with Gasteiger partial charge in [-0.15, -0.1) is 0 Å². The average molecular weight is 338 g/mol. The fourth-order valence-corrected chi connectivity index (χ4v) is 3.36. The fourth-order valence-electron chi connectivity index (χ4n) is 3.36. The zero-order valence-corrected chi connectivity index (χ0v) is 14.4. The second-order valence-corrected chi connectivity index (χ2v) is 6.51. The maximum Gasteiger partial charge on any atom is 0.257 e. The number of rotatable bonds is 4. The van der Waals surface area contributed by atoms with Crippen LogP contribution in [-0.4, -0.2) is 52.1 Å². The number of benzene rings is 1. The normalized spacial score (nSPS) is 15.8. The van der Waals surface area contributed by atoms with E-state index in [1.807, 2.05) is 23.4 Å². The largest absolute Gasteiger partial charge is 0.463 e. The van der Waals surface area contributed by atoms with Crippen molar-refractivity contribution in [2.45, 2.75) is 19.9 Å². The molecular weight excluding hydrogens is 316 g/mol. The monoisotopic (exact) mass is 338 g/mol. The van der Waals surface area contributed by atoms with Crippen molar-refractivity contribution in [3.63, 3.8) is 0 Å². The Morgan fingerprint density at radius 3 is 2.80 bits per heavy atom. The fraction of sp³-hybridized carbons (Fsp3) is 0.368. The van der Waals surface area contributed by atoms with E-state index in [1.54, 1.807) is 6.26 Å². The number of nitrogens with zero attached hydrogens (tertiary/aromatic N) is 3. The Balaban J connectivity index is 1.45. The van der Waals surface area contributed by atoms with Gasteiger partial charge in [-0.05, 0) is 24.1 Å². The number of furan rings is 1. The van der Waals surface area contributed by atoms with Gasteiger partial charge in [-0.2, -0.15) is 5.10 Å². The van der Waals surface area contributed by atoms with Crippen LogP contribution < -0.4 is 0 Å². The van der Waals surface area contributed by atoms with Gasteiger partial charge in [-0.1, -0.05) is 13.0 Å². The van der Waals surface area contributed by atoms with Gasteiger partial charge in [0.1, 0.15) is 11.8 Å². The molecule has 130 valence electrons. The third kappa shape index (κ3) is 3.17. The molecule has 0 atom stereocenters. The first-order chi connectivity index (χ1) is 12.2. The number of amides is 1. The average Bonchev–Trinajstić information content (AvgIpc) is 3.30. The molecular formula is C19H22N4O2. The van der Waals surface area contributed by atoms with Crippen LogP contribution >= 0.6 is 0 Å². The summed E-state index contributed by atoms with van der Waals surface area (Å²) < 4.78 is 5.58. The molecule has 6 heteroatoms. The van der Waals surface area contributed by atoms with E-state index in [0.29, 0.717) is 5.56 Å². The molecule has 0 unspecified atom stereocenters. The molecule has 0 radical (unpaired) electrons. The number of fused-ring (bicyclic) bond motifs is 1. The van der Waals surface area contributed by atoms with Crippen molar-refractivity contribution in [2.24, 2.45) is 0 Å². The molecule has 1 amide bonds. The number of carbonyl (C=O) groups is 1. The molecule has 3 aromatic rings. The molecule has 0 spiro atoms. The summed E-state index contributed by atoms with van der Waals surface area (Å²) in [5.41, 5.74) is 3.84. The lowest BCUT2D eigenvalue weighted by Gasteiger charge is -2.34. The van der Waals surface area contributed by atoms with E-state index < -0.39 is 0 Å². The Morgan fingerprint density at radius 1 is 1.24 bits per heavy atom. The summed E-state index contributed by atoms with van der Waals surface area (Å²) in [4.78, 5) is 17.2. The Kier molecular flexibility index (Phi) is 4.28. The molecule has 1 aliphatic heterocycles. The molecule has 2 aromatic heterocycles. The van der Waals surface area contributed by atoms with Gasteiger partial charge in [-0.25, -0.2) is 0 Å². The highest BCUT2D eigenvalue weighted by Gasteiger charge is 2.24. The summed E-state index contributed by atoms with van der Waals surface area (Å²) in [6, 6.07) is 6.07. The molecule has 1 aliphatic rings. The first-order valence-corrected chi connectivity index (χ1v) is 8.74. The van der Waals surface area contributed by atoms with E-state index in [0.717, 1.165) is 50.1 Å². The quantitative estimate of drug-likeness (QED) is 0.794. The molecule has 4 rings (SSSR count). The van der Waals surface area contributed by atoms with Crippen molar-refractivity contribution < 1.29 is 9.21 Å². The van der Waals surface area contributed by atoms with Crippen LogP contribution in [0, 0.1) is 0 Å². The number of aryl methyl sites for hydroxylation is 1. The SMILES string of the molecule is CCc1ccc2occ(C(=O)N3CCN(Cc4cn[nH]c4)CC3)c2c1. The first-order valence-electron chi connectivity index (χ1n) is 8.74. The number of hydrogen-bond acceptors (Lipinski definition) is 4. The predicted octanol–water partition coefficient (Wildman–Crippen LogP) is 2.68. The summed E-state index contributed by atoms with van der Waals surface area (Å²) in [5, 5.41) is 7.74. The molecule has 0 bridgehead atoms. The van der Waals surface area contributed by atoms with Gasteiger partial charge in [-0.3, -0.25) is 14.8 Å². The highest BCUT2D eigenvalue weighted by molar-refractivity contribution is 6.06. The van der Waals surface area contributed by atoms with Gasteiger partial charge >= 0.3 is 0 Å². The van der Waals surface area contributed by atoms with Gasteiger partial charge in [0.05, 0.1) is 11.8 Å². The molecule has 1 aromatic carbocycles. The zero-order valence-electron chi connectivity index (χ0n) is 14.4. The number of nitrogens with one attached hydrogen (secondary N) is 1. The van der Waals surface area contributed by atoms with Gasteiger partial charge in [0.25, 0.3) is 5.91 Å². The summed E-state index contributed by atoms with van der Waals surface area (Å²) in [5.74, 6) is 0.0648. The minimum absolute atomic E-state index is 0.0648. The molecule has 25 heavy (non-hydrogen) atoms. The van der Waals surface area contributed by atoms with Crippen LogP contribution in [0.1, 0.15) is 28.4 Å². The van der Waals surface area contributed by atoms with E-state index in [1.165, 1.54) is 11.1 Å². The first kappa shape index (κ1) is 15.9. The summed E-state index contributed by atoms with van der Waals surface area (Å²) in [6.07, 6.45) is 6.31. The number of piperazine rings is 1. The van der Waals surface area contributed by atoms with Crippen LogP contribution in [0.25, 0.3) is 11.0 Å². The molecule has 0 saturated carbocycles. The van der Waals surface area contributed by atoms with Crippen molar-refractivity contribution >= 4 is 16.9 Å². The van der Waals surface area contributed by atoms with Crippen molar-refractivity contribution in [3.05, 3.63) is 53.5 Å². The Hall–Kier alpha value is -2.60. The summed E-state index contributed by atoms with van der Waals surface area (Å²) >= 11 is 0. The lowest BCUT2D eigenvalue weighted by Crippen LogP contribution is -2.48. The minimum Gasteiger partial charge on any atom is -0.463 e. The van der Waals surface area contributed by atoms with Crippen LogP contribution in [-0.2, 0) is 13.0 Å². The third-order valence-electron chi connectivity index (χ3n) is 4.90. The van der Waals surface area contributed by atoms with Crippen molar-refractivity contribution in [1.29, 1.82) is 0 Å². The van der Waals surface area contributed by atoms with E-state index in [2.05, 4.69) is 34.2 Å². The van der Waals surface area contributed by atoms with E-state index in [4.69, 9.17) is 4.42 Å². The van der Waals surface area contributed by atoms with Crippen molar-refractivity contribution in [2.75, 3.05) is 26.2 Å². The van der Waals surface area contributed by atoms with Crippen molar-refractivity contribution in [1.82, 2.24) is 20.0 Å². The Morgan fingerprint density at radius 2 is 2.08 bits per heavy atom. The third-order valence-corrected chi connectivity index (χ3v) is 4.90. The molecule has 1 N–H and O–H groups in total. The van der Waals surface area contributed by atoms with E-state index in [-0.39, 0.29) is 5.91 Å². The molecule has 6 nitrogen and oxygen atoms in total. The van der Waals surface area contributed by atoms with Crippen LogP contribution in [0.4, 0.5) is 0 Å². The summed E-state index contributed by atoms with van der Waals surface area (Å²) in [7, 11) is 0. The number of hydrogen-bond donors (Lipinski definition) is 1. The maximum absolute atomic E-state index is 12.9. The van der Waals surface area contributed by atoms with Gasteiger partial charge in [0.15, 0.2) is 0 Å². The summed E-state index contributed by atoms with van der Waals surface area (Å²) in [6.45, 7) is 6.18. The van der Waals surface area contributed by atoms with Gasteiger partial charge in [0.2, 0.25) is 0 Å². The van der Waals surface area contributed by atoms with E-state index >= 15 is 0 Å². The number of H-pyrrole nitrogens is 1. The lowest BCUT2D eigenvalue weighted by atomic mass is 10.1. The molecule has 3 heterocycles. The molecule has 1 fully saturated rings. The molecule has 1 saturated heterocycles. The Labute approximate surface area is 146 Å². The number of carbonyl (C=O) groups excluding carboxylic acids is 1. The second-order valence-electron chi connectivity index (χ2n) is 6.51. The highest BCUT2D eigenvalue weighted by atomic mass is 16.3. The van der Waals surface area contributed by atoms with Crippen LogP contribution in [0.2, 0.25) is 0 Å². The van der Waals surface area contributed by atoms with E-state index in [9.17, 15) is 4.79 Å². The lowest BCUT2D eigenvalue weighted by molar-refractivity contribution is 0.0629. The number of aromatic amines is 1. The zero-order chi connectivity index (χ0) is 17.2. The smallest absolute Gasteiger partial charge is 0.257 e. The van der Waals surface area contributed by atoms with Gasteiger partial charge < -0.3 is 9.32 Å². The minimum atomic E-state index is 0.0648. The standard InChI is InChI=1S/C19H22N4O2/c1-2-14-3-4-18-16(9-14)17(13-25-18)19(24)23-7-5-22(6-8-23)12-15-10-20-21-11-15/h3-4,9-11,13H,2,5-8,12H2,1H3,(H,20,21). The maximum atomic E-state index is 12.9.